The fourth-order valence-electron chi connectivity index (χ4n) is 1.83. The van der Waals surface area contributed by atoms with Gasteiger partial charge in [-0.2, -0.15) is 11.8 Å². The average molecular weight is 296 g/mol. The van der Waals surface area contributed by atoms with Crippen LogP contribution < -0.4 is 11.1 Å². The Balaban J connectivity index is 2.46. The van der Waals surface area contributed by atoms with Gasteiger partial charge in [0.15, 0.2) is 0 Å². The Morgan fingerprint density at radius 2 is 2.15 bits per heavy atom. The number of hydrogen-bond acceptors (Lipinski definition) is 5. The second-order valence-corrected chi connectivity index (χ2v) is 5.49. The van der Waals surface area contributed by atoms with Gasteiger partial charge in [0, 0.05) is 17.9 Å². The number of carbonyl (C=O) groups excluding carboxylic acids is 1. The molecule has 0 bridgehead atoms. The van der Waals surface area contributed by atoms with E-state index in [2.05, 4.69) is 11.6 Å². The van der Waals surface area contributed by atoms with Gasteiger partial charge in [-0.15, -0.1) is 0 Å². The summed E-state index contributed by atoms with van der Waals surface area (Å²) in [4.78, 5) is 11.7. The van der Waals surface area contributed by atoms with Gasteiger partial charge in [-0.1, -0.05) is 6.42 Å². The predicted octanol–water partition coefficient (Wildman–Crippen LogP) is 3.39. The van der Waals surface area contributed by atoms with Crippen LogP contribution in [0.15, 0.2) is 18.2 Å². The SMILES string of the molecule is CCOC(=O)c1cc(NCCCCCSC)ccc1N. The maximum Gasteiger partial charge on any atom is 0.340 e. The van der Waals surface area contributed by atoms with Crippen LogP contribution in [0, 0.1) is 0 Å². The van der Waals surface area contributed by atoms with Crippen molar-refractivity contribution < 1.29 is 9.53 Å². The first kappa shape index (κ1) is 16.7. The van der Waals surface area contributed by atoms with Gasteiger partial charge in [-0.25, -0.2) is 4.79 Å². The number of hydrogen-bond donors (Lipinski definition) is 2. The van der Waals surface area contributed by atoms with Crippen LogP contribution in [0.3, 0.4) is 0 Å². The zero-order valence-corrected chi connectivity index (χ0v) is 13.1. The third-order valence-electron chi connectivity index (χ3n) is 2.90. The highest BCUT2D eigenvalue weighted by molar-refractivity contribution is 7.98. The van der Waals surface area contributed by atoms with Crippen LogP contribution in [0.25, 0.3) is 0 Å². The molecule has 3 N–H and O–H groups in total. The summed E-state index contributed by atoms with van der Waals surface area (Å²) in [6.07, 6.45) is 5.72. The predicted molar refractivity (Wildman–Crippen MR) is 87.5 cm³/mol. The molecular formula is C15H24N2O2S. The van der Waals surface area contributed by atoms with E-state index in [0.29, 0.717) is 17.9 Å². The summed E-state index contributed by atoms with van der Waals surface area (Å²) in [6, 6.07) is 5.39. The highest BCUT2D eigenvalue weighted by Crippen LogP contribution is 2.19. The van der Waals surface area contributed by atoms with Crippen LogP contribution in [-0.2, 0) is 4.74 Å². The van der Waals surface area contributed by atoms with Crippen LogP contribution in [-0.4, -0.2) is 31.1 Å². The van der Waals surface area contributed by atoms with Gasteiger partial charge in [-0.05, 0) is 50.0 Å². The van der Waals surface area contributed by atoms with E-state index in [9.17, 15) is 4.79 Å². The second kappa shape index (κ2) is 9.53. The number of rotatable bonds is 9. The molecule has 0 aromatic heterocycles. The Morgan fingerprint density at radius 3 is 2.85 bits per heavy atom. The summed E-state index contributed by atoms with van der Waals surface area (Å²) in [6.45, 7) is 3.04. The van der Waals surface area contributed by atoms with Crippen LogP contribution in [0.2, 0.25) is 0 Å². The van der Waals surface area contributed by atoms with Gasteiger partial charge in [-0.3, -0.25) is 0 Å². The maximum absolute atomic E-state index is 11.7. The molecule has 1 rings (SSSR count). The minimum Gasteiger partial charge on any atom is -0.462 e. The number of anilines is 2. The molecule has 0 aliphatic heterocycles. The number of esters is 1. The molecule has 0 aliphatic carbocycles. The van der Waals surface area contributed by atoms with Crippen molar-refractivity contribution in [3.05, 3.63) is 23.8 Å². The normalized spacial score (nSPS) is 10.3. The number of unbranched alkanes of at least 4 members (excludes halogenated alkanes) is 2. The fourth-order valence-corrected chi connectivity index (χ4v) is 2.33. The van der Waals surface area contributed by atoms with E-state index in [0.717, 1.165) is 18.7 Å². The largest absolute Gasteiger partial charge is 0.462 e. The molecule has 112 valence electrons. The van der Waals surface area contributed by atoms with Crippen molar-refractivity contribution in [3.8, 4) is 0 Å². The summed E-state index contributed by atoms with van der Waals surface area (Å²) in [7, 11) is 0. The van der Waals surface area contributed by atoms with Crippen LogP contribution >= 0.6 is 11.8 Å². The number of carbonyl (C=O) groups is 1. The van der Waals surface area contributed by atoms with Crippen molar-refractivity contribution in [1.29, 1.82) is 0 Å². The van der Waals surface area contributed by atoms with E-state index < -0.39 is 0 Å². The number of ether oxygens (including phenoxy) is 1. The van der Waals surface area contributed by atoms with Crippen molar-refractivity contribution in [2.75, 3.05) is 36.2 Å². The molecule has 0 amide bonds. The molecule has 5 heteroatoms. The van der Waals surface area contributed by atoms with Crippen molar-refractivity contribution in [1.82, 2.24) is 0 Å². The van der Waals surface area contributed by atoms with Gasteiger partial charge in [0.25, 0.3) is 0 Å². The van der Waals surface area contributed by atoms with Crippen LogP contribution in [0.1, 0.15) is 36.5 Å². The van der Waals surface area contributed by atoms with Crippen LogP contribution in [0.4, 0.5) is 11.4 Å². The summed E-state index contributed by atoms with van der Waals surface area (Å²) in [5.41, 5.74) is 7.59. The quantitative estimate of drug-likeness (QED) is 0.415. The molecule has 0 spiro atoms. The lowest BCUT2D eigenvalue weighted by Crippen LogP contribution is -2.09. The van der Waals surface area contributed by atoms with Crippen molar-refractivity contribution in [2.24, 2.45) is 0 Å². The summed E-state index contributed by atoms with van der Waals surface area (Å²) in [5, 5.41) is 3.32. The zero-order chi connectivity index (χ0) is 14.8. The maximum atomic E-state index is 11.7. The number of nitrogens with two attached hydrogens (primary N) is 1. The lowest BCUT2D eigenvalue weighted by molar-refractivity contribution is 0.0527. The Kier molecular flexibility index (Phi) is 7.95. The first-order valence-corrected chi connectivity index (χ1v) is 8.38. The van der Waals surface area contributed by atoms with E-state index in [1.165, 1.54) is 18.6 Å². The van der Waals surface area contributed by atoms with E-state index in [1.807, 2.05) is 17.8 Å². The number of nitrogen functional groups attached to an aromatic ring is 1. The first-order valence-electron chi connectivity index (χ1n) is 6.98. The smallest absolute Gasteiger partial charge is 0.340 e. The number of nitrogens with one attached hydrogen (secondary N) is 1. The fraction of sp³-hybridized carbons (Fsp3) is 0.533. The molecule has 0 radical (unpaired) electrons. The van der Waals surface area contributed by atoms with Gasteiger partial charge in [0.1, 0.15) is 0 Å². The molecule has 0 heterocycles. The minimum atomic E-state index is -0.367. The molecule has 0 aliphatic rings. The Labute approximate surface area is 125 Å². The van der Waals surface area contributed by atoms with Gasteiger partial charge >= 0.3 is 5.97 Å². The summed E-state index contributed by atoms with van der Waals surface area (Å²) in [5.74, 6) is 0.850. The van der Waals surface area contributed by atoms with E-state index in [1.54, 1.807) is 19.1 Å². The third-order valence-corrected chi connectivity index (χ3v) is 3.60. The Morgan fingerprint density at radius 1 is 1.35 bits per heavy atom. The van der Waals surface area contributed by atoms with Gasteiger partial charge in [0.2, 0.25) is 0 Å². The molecule has 0 saturated carbocycles. The average Bonchev–Trinajstić information content (AvgIpc) is 2.44. The summed E-state index contributed by atoms with van der Waals surface area (Å²) >= 11 is 1.88. The van der Waals surface area contributed by atoms with Gasteiger partial charge in [0.05, 0.1) is 12.2 Å². The molecule has 4 nitrogen and oxygen atoms in total. The Bertz CT molecular complexity index is 424. The molecule has 1 aromatic carbocycles. The summed E-state index contributed by atoms with van der Waals surface area (Å²) < 4.78 is 4.98. The first-order chi connectivity index (χ1) is 9.69. The molecule has 0 fully saturated rings. The zero-order valence-electron chi connectivity index (χ0n) is 12.3. The monoisotopic (exact) mass is 296 g/mol. The lowest BCUT2D eigenvalue weighted by atomic mass is 10.1. The molecule has 20 heavy (non-hydrogen) atoms. The third kappa shape index (κ3) is 5.74. The highest BCUT2D eigenvalue weighted by atomic mass is 32.2. The molecule has 0 atom stereocenters. The van der Waals surface area contributed by atoms with Crippen LogP contribution in [0.5, 0.6) is 0 Å². The lowest BCUT2D eigenvalue weighted by Gasteiger charge is -2.10. The minimum absolute atomic E-state index is 0.353. The molecule has 0 saturated heterocycles. The molecule has 0 unspecified atom stereocenters. The van der Waals surface area contributed by atoms with Gasteiger partial charge < -0.3 is 15.8 Å². The van der Waals surface area contributed by atoms with E-state index in [4.69, 9.17) is 10.5 Å². The number of benzene rings is 1. The van der Waals surface area contributed by atoms with E-state index >= 15 is 0 Å². The molecule has 1 aromatic rings. The standard InChI is InChI=1S/C15H24N2O2S/c1-3-19-15(18)13-11-12(7-8-14(13)16)17-9-5-4-6-10-20-2/h7-8,11,17H,3-6,9-10,16H2,1-2H3. The number of thioether (sulfide) groups is 1. The Hall–Kier alpha value is -1.36. The topological polar surface area (TPSA) is 64.3 Å². The van der Waals surface area contributed by atoms with E-state index in [-0.39, 0.29) is 5.97 Å². The highest BCUT2D eigenvalue weighted by Gasteiger charge is 2.11. The van der Waals surface area contributed by atoms with Crippen molar-refractivity contribution in [3.63, 3.8) is 0 Å². The second-order valence-electron chi connectivity index (χ2n) is 4.50. The van der Waals surface area contributed by atoms with Crippen molar-refractivity contribution >= 4 is 29.1 Å². The van der Waals surface area contributed by atoms with Crippen molar-refractivity contribution in [2.45, 2.75) is 26.2 Å². The molecular weight excluding hydrogens is 272 g/mol.